The Kier molecular flexibility index (Phi) is 4.49. The van der Waals surface area contributed by atoms with E-state index in [0.717, 1.165) is 35.3 Å². The van der Waals surface area contributed by atoms with Crippen LogP contribution in [0.3, 0.4) is 0 Å². The number of amides is 1. The number of carbonyl (C=O) groups excluding carboxylic acids is 2. The van der Waals surface area contributed by atoms with Crippen molar-refractivity contribution in [2.45, 2.75) is 52.0 Å². The zero-order valence-electron chi connectivity index (χ0n) is 14.9. The topological polar surface area (TPSA) is 58.6 Å². The maximum atomic E-state index is 13.4. The van der Waals surface area contributed by atoms with Crippen LogP contribution in [0.2, 0.25) is 0 Å². The highest BCUT2D eigenvalue weighted by molar-refractivity contribution is 6.17. The van der Waals surface area contributed by atoms with Gasteiger partial charge in [0.25, 0.3) is 5.91 Å². The molecule has 0 saturated carbocycles. The molecule has 2 saturated heterocycles. The van der Waals surface area contributed by atoms with Gasteiger partial charge in [-0.25, -0.2) is 5.06 Å². The maximum absolute atomic E-state index is 13.4. The average Bonchev–Trinajstić information content (AvgIpc) is 2.71. The van der Waals surface area contributed by atoms with Crippen molar-refractivity contribution in [3.05, 3.63) is 34.4 Å². The number of nitrogens with zero attached hydrogens (tertiary/aromatic N) is 1. The van der Waals surface area contributed by atoms with Gasteiger partial charge >= 0.3 is 0 Å². The number of nitrogens with one attached hydrogen (secondary N) is 1. The molecule has 1 amide bonds. The smallest absolute Gasteiger partial charge is 0.262 e. The fraction of sp³-hybridized carbons (Fsp3) is 0.579. The van der Waals surface area contributed by atoms with Crippen molar-refractivity contribution < 1.29 is 14.4 Å². The standard InChI is InChI=1S/C19H26N2O3/c1-5-24-21-18(23)16(15-13(3)10-12(2)11-14(15)4)17(22)19(21)6-8-20-9-7-19/h10-11,16,20H,5-9H2,1-4H3. The predicted octanol–water partition coefficient (Wildman–Crippen LogP) is 2.18. The lowest BCUT2D eigenvalue weighted by atomic mass is 9.79. The number of aryl methyl sites for hydroxylation is 3. The van der Waals surface area contributed by atoms with Crippen LogP contribution < -0.4 is 5.32 Å². The number of benzene rings is 1. The first-order valence-corrected chi connectivity index (χ1v) is 8.72. The molecule has 0 aliphatic carbocycles. The van der Waals surface area contributed by atoms with Crippen LogP contribution in [0.1, 0.15) is 47.9 Å². The van der Waals surface area contributed by atoms with Gasteiger partial charge < -0.3 is 5.32 Å². The van der Waals surface area contributed by atoms with E-state index in [2.05, 4.69) is 5.32 Å². The summed E-state index contributed by atoms with van der Waals surface area (Å²) in [5.41, 5.74) is 3.19. The van der Waals surface area contributed by atoms with Crippen molar-refractivity contribution in [3.8, 4) is 0 Å². The zero-order chi connectivity index (χ0) is 17.5. The first kappa shape index (κ1) is 17.1. The lowest BCUT2D eigenvalue weighted by Gasteiger charge is -2.38. The number of carbonyl (C=O) groups is 2. The average molecular weight is 330 g/mol. The normalized spacial score (nSPS) is 23.3. The zero-order valence-corrected chi connectivity index (χ0v) is 14.9. The van der Waals surface area contributed by atoms with Gasteiger partial charge in [-0.2, -0.15) is 0 Å². The Morgan fingerprint density at radius 3 is 2.29 bits per heavy atom. The number of hydroxylamine groups is 2. The van der Waals surface area contributed by atoms with E-state index in [9.17, 15) is 9.59 Å². The van der Waals surface area contributed by atoms with Gasteiger partial charge in [-0.15, -0.1) is 0 Å². The summed E-state index contributed by atoms with van der Waals surface area (Å²) in [4.78, 5) is 32.2. The van der Waals surface area contributed by atoms with Crippen molar-refractivity contribution in [3.63, 3.8) is 0 Å². The second kappa shape index (κ2) is 6.30. The molecule has 2 heterocycles. The minimum atomic E-state index is -0.813. The van der Waals surface area contributed by atoms with Crippen LogP contribution in [0.25, 0.3) is 0 Å². The molecule has 0 bridgehead atoms. The summed E-state index contributed by atoms with van der Waals surface area (Å²) in [6.45, 7) is 9.67. The van der Waals surface area contributed by atoms with E-state index in [1.165, 1.54) is 5.06 Å². The van der Waals surface area contributed by atoms with Gasteiger partial charge in [0.1, 0.15) is 11.5 Å². The van der Waals surface area contributed by atoms with Gasteiger partial charge in [0, 0.05) is 0 Å². The summed E-state index contributed by atoms with van der Waals surface area (Å²) in [6.07, 6.45) is 1.22. The molecule has 1 spiro atoms. The molecule has 1 N–H and O–H groups in total. The third-order valence-corrected chi connectivity index (χ3v) is 5.27. The van der Waals surface area contributed by atoms with E-state index in [0.29, 0.717) is 19.4 Å². The first-order chi connectivity index (χ1) is 11.4. The van der Waals surface area contributed by atoms with Crippen molar-refractivity contribution in [1.29, 1.82) is 0 Å². The molecule has 130 valence electrons. The predicted molar refractivity (Wildman–Crippen MR) is 91.7 cm³/mol. The van der Waals surface area contributed by atoms with Crippen molar-refractivity contribution in [1.82, 2.24) is 10.4 Å². The third kappa shape index (κ3) is 2.47. The molecule has 24 heavy (non-hydrogen) atoms. The second-order valence-electron chi connectivity index (χ2n) is 6.94. The van der Waals surface area contributed by atoms with E-state index in [1.807, 2.05) is 39.8 Å². The molecule has 5 heteroatoms. The van der Waals surface area contributed by atoms with Gasteiger partial charge in [-0.3, -0.25) is 14.4 Å². The Bertz CT molecular complexity index is 654. The van der Waals surface area contributed by atoms with Crippen LogP contribution in [0.4, 0.5) is 0 Å². The van der Waals surface area contributed by atoms with Crippen molar-refractivity contribution in [2.24, 2.45) is 0 Å². The van der Waals surface area contributed by atoms with E-state index in [-0.39, 0.29) is 11.7 Å². The molecule has 1 atom stereocenters. The van der Waals surface area contributed by atoms with Crippen LogP contribution >= 0.6 is 0 Å². The third-order valence-electron chi connectivity index (χ3n) is 5.27. The van der Waals surface area contributed by atoms with Gasteiger partial charge in [0.15, 0.2) is 5.78 Å². The fourth-order valence-electron chi connectivity index (χ4n) is 4.32. The van der Waals surface area contributed by atoms with Gasteiger partial charge in [0.2, 0.25) is 0 Å². The molecule has 2 fully saturated rings. The fourth-order valence-corrected chi connectivity index (χ4v) is 4.32. The summed E-state index contributed by atoms with van der Waals surface area (Å²) >= 11 is 0. The lowest BCUT2D eigenvalue weighted by Crippen LogP contribution is -2.55. The summed E-state index contributed by atoms with van der Waals surface area (Å²) in [6, 6.07) is 4.09. The number of rotatable bonds is 3. The van der Waals surface area contributed by atoms with Crippen LogP contribution in [0, 0.1) is 20.8 Å². The number of hydrogen-bond donors (Lipinski definition) is 1. The van der Waals surface area contributed by atoms with E-state index in [4.69, 9.17) is 4.84 Å². The molecular formula is C19H26N2O3. The van der Waals surface area contributed by atoms with E-state index >= 15 is 0 Å². The van der Waals surface area contributed by atoms with Crippen molar-refractivity contribution in [2.75, 3.05) is 19.7 Å². The molecule has 0 radical (unpaired) electrons. The minimum absolute atomic E-state index is 0.00231. The number of hydrogen-bond acceptors (Lipinski definition) is 4. The Morgan fingerprint density at radius 2 is 1.75 bits per heavy atom. The molecule has 1 aromatic carbocycles. The molecule has 1 aromatic rings. The second-order valence-corrected chi connectivity index (χ2v) is 6.94. The molecule has 2 aliphatic heterocycles. The summed E-state index contributed by atoms with van der Waals surface area (Å²) in [7, 11) is 0. The van der Waals surface area contributed by atoms with Crippen LogP contribution in [0.5, 0.6) is 0 Å². The Hall–Kier alpha value is -1.72. The molecule has 5 nitrogen and oxygen atoms in total. The molecule has 0 aromatic heterocycles. The summed E-state index contributed by atoms with van der Waals surface area (Å²) in [5.74, 6) is -0.952. The van der Waals surface area contributed by atoms with Gasteiger partial charge in [0.05, 0.1) is 6.61 Å². The maximum Gasteiger partial charge on any atom is 0.262 e. The highest BCUT2D eigenvalue weighted by atomic mass is 16.7. The largest absolute Gasteiger partial charge is 0.317 e. The lowest BCUT2D eigenvalue weighted by molar-refractivity contribution is -0.210. The van der Waals surface area contributed by atoms with Crippen LogP contribution in [0.15, 0.2) is 12.1 Å². The summed E-state index contributed by atoms with van der Waals surface area (Å²) in [5, 5.41) is 4.68. The van der Waals surface area contributed by atoms with Crippen LogP contribution in [-0.4, -0.2) is 42.0 Å². The minimum Gasteiger partial charge on any atom is -0.317 e. The Balaban J connectivity index is 2.10. The number of ketones is 1. The summed E-state index contributed by atoms with van der Waals surface area (Å²) < 4.78 is 0. The highest BCUT2D eigenvalue weighted by Crippen LogP contribution is 2.43. The van der Waals surface area contributed by atoms with Crippen LogP contribution in [-0.2, 0) is 14.4 Å². The number of piperidine rings is 1. The molecular weight excluding hydrogens is 304 g/mol. The van der Waals surface area contributed by atoms with E-state index in [1.54, 1.807) is 0 Å². The monoisotopic (exact) mass is 330 g/mol. The molecule has 3 rings (SSSR count). The SMILES string of the molecule is CCON1C(=O)C(c2c(C)cc(C)cc2C)C(=O)C12CCNCC2. The molecule has 2 aliphatic rings. The first-order valence-electron chi connectivity index (χ1n) is 8.72. The van der Waals surface area contributed by atoms with Gasteiger partial charge in [-0.05, 0) is 70.3 Å². The Labute approximate surface area is 143 Å². The van der Waals surface area contributed by atoms with Crippen molar-refractivity contribution >= 4 is 11.7 Å². The number of Topliss-reactive ketones (excluding diaryl/α,β-unsaturated/α-hetero) is 1. The highest BCUT2D eigenvalue weighted by Gasteiger charge is 2.60. The van der Waals surface area contributed by atoms with Gasteiger partial charge in [-0.1, -0.05) is 17.7 Å². The molecule has 1 unspecified atom stereocenters. The van der Waals surface area contributed by atoms with E-state index < -0.39 is 11.5 Å². The quantitative estimate of drug-likeness (QED) is 0.863. The Morgan fingerprint density at radius 1 is 1.17 bits per heavy atom.